The lowest BCUT2D eigenvalue weighted by atomic mass is 10.0. The van der Waals surface area contributed by atoms with Crippen LogP contribution in [-0.4, -0.2) is 55.5 Å². The minimum atomic E-state index is -1.09. The van der Waals surface area contributed by atoms with Gasteiger partial charge in [0.25, 0.3) is 5.56 Å². The van der Waals surface area contributed by atoms with Gasteiger partial charge in [-0.05, 0) is 19.8 Å². The molecule has 0 radical (unpaired) electrons. The summed E-state index contributed by atoms with van der Waals surface area (Å²) in [6.07, 6.45) is -0.467. The molecule has 144 valence electrons. The van der Waals surface area contributed by atoms with E-state index in [4.69, 9.17) is 5.11 Å². The number of H-pyrrole nitrogens is 1. The topological polar surface area (TPSA) is 162 Å². The van der Waals surface area contributed by atoms with Gasteiger partial charge in [0.1, 0.15) is 0 Å². The monoisotopic (exact) mass is 369 g/mol. The summed E-state index contributed by atoms with van der Waals surface area (Å²) in [5.74, 6) is -1.79. The van der Waals surface area contributed by atoms with Gasteiger partial charge in [0.05, 0.1) is 18.2 Å². The van der Waals surface area contributed by atoms with E-state index in [1.54, 1.807) is 0 Å². The fourth-order valence-electron chi connectivity index (χ4n) is 3.19. The molecule has 0 unspecified atom stereocenters. The van der Waals surface area contributed by atoms with E-state index < -0.39 is 41.4 Å². The number of aliphatic hydroxyl groups is 2. The molecule has 4 atom stereocenters. The van der Waals surface area contributed by atoms with E-state index in [1.807, 2.05) is 0 Å². The van der Waals surface area contributed by atoms with E-state index in [0.29, 0.717) is 0 Å². The summed E-state index contributed by atoms with van der Waals surface area (Å²) in [7, 11) is 0. The van der Waals surface area contributed by atoms with Crippen molar-refractivity contribution >= 4 is 11.9 Å². The van der Waals surface area contributed by atoms with Crippen LogP contribution in [0.2, 0.25) is 0 Å². The summed E-state index contributed by atoms with van der Waals surface area (Å²) in [6.45, 7) is 1.61. The quantitative estimate of drug-likeness (QED) is 0.390. The van der Waals surface area contributed by atoms with Gasteiger partial charge in [-0.2, -0.15) is 0 Å². The Bertz CT molecular complexity index is 785. The lowest BCUT2D eigenvalue weighted by molar-refractivity contribution is -0.137. The van der Waals surface area contributed by atoms with Gasteiger partial charge in [-0.15, -0.1) is 0 Å². The molecule has 0 aromatic carbocycles. The first kappa shape index (κ1) is 19.9. The van der Waals surface area contributed by atoms with E-state index >= 15 is 0 Å². The number of hydrogen-bond acceptors (Lipinski definition) is 6. The van der Waals surface area contributed by atoms with Gasteiger partial charge in [-0.3, -0.25) is 23.9 Å². The number of carboxylic acids is 1. The van der Waals surface area contributed by atoms with Gasteiger partial charge in [-0.1, -0.05) is 0 Å². The maximum absolute atomic E-state index is 12.0. The Labute approximate surface area is 148 Å². The van der Waals surface area contributed by atoms with Crippen LogP contribution in [0.25, 0.3) is 0 Å². The van der Waals surface area contributed by atoms with E-state index in [1.165, 1.54) is 13.1 Å². The highest BCUT2D eigenvalue weighted by Crippen LogP contribution is 2.34. The normalized spacial score (nSPS) is 25.2. The third-order valence-electron chi connectivity index (χ3n) is 4.59. The minimum absolute atomic E-state index is 0.0552. The largest absolute Gasteiger partial charge is 0.481 e. The molecule has 1 saturated carbocycles. The van der Waals surface area contributed by atoms with E-state index in [9.17, 15) is 29.4 Å². The Hall–Kier alpha value is -2.46. The molecule has 26 heavy (non-hydrogen) atoms. The maximum atomic E-state index is 12.0. The molecule has 10 heteroatoms. The summed E-state index contributed by atoms with van der Waals surface area (Å²) >= 11 is 0. The molecule has 5 N–H and O–H groups in total. The molecule has 0 saturated heterocycles. The Balaban J connectivity index is 1.99. The zero-order valence-corrected chi connectivity index (χ0v) is 14.3. The van der Waals surface area contributed by atoms with Crippen molar-refractivity contribution in [2.24, 2.45) is 5.92 Å². The first-order chi connectivity index (χ1) is 12.2. The SMILES string of the molecule is Cc1cn([C@@H]2[C@@H](O)[C@@H](CNC(=O)CCCC(=O)O)C[C@H]2O)c(=O)[nH]c1=O. The number of hydrogen-bond donors (Lipinski definition) is 5. The molecule has 1 aromatic rings. The third kappa shape index (κ3) is 4.58. The van der Waals surface area contributed by atoms with Crippen molar-refractivity contribution in [3.63, 3.8) is 0 Å². The van der Waals surface area contributed by atoms with Gasteiger partial charge in [0, 0.05) is 37.1 Å². The molecule has 1 aromatic heterocycles. The van der Waals surface area contributed by atoms with Crippen LogP contribution in [0, 0.1) is 12.8 Å². The van der Waals surface area contributed by atoms with Gasteiger partial charge in [0.2, 0.25) is 5.91 Å². The number of nitrogens with zero attached hydrogens (tertiary/aromatic N) is 1. The zero-order valence-electron chi connectivity index (χ0n) is 14.3. The van der Waals surface area contributed by atoms with E-state index in [0.717, 1.165) is 4.57 Å². The molecule has 1 heterocycles. The van der Waals surface area contributed by atoms with Crippen LogP contribution in [0.3, 0.4) is 0 Å². The van der Waals surface area contributed by atoms with Crippen molar-refractivity contribution < 1.29 is 24.9 Å². The molecule has 1 aliphatic carbocycles. The molecular formula is C16H23N3O7. The standard InChI is InChI=1S/C16H23N3O7/c1-8-7-19(16(26)18-15(8)25)13-10(20)5-9(14(13)24)6-17-11(21)3-2-4-12(22)23/h7,9-10,13-14,20,24H,2-6H2,1H3,(H,17,21)(H,22,23)(H,18,25,26)/t9-,10-,13+,14+/m1/s1. The molecule has 1 fully saturated rings. The summed E-state index contributed by atoms with van der Waals surface area (Å²) in [5.41, 5.74) is -0.973. The highest BCUT2D eigenvalue weighted by Gasteiger charge is 2.43. The Morgan fingerprint density at radius 2 is 2.00 bits per heavy atom. The molecule has 10 nitrogen and oxygen atoms in total. The van der Waals surface area contributed by atoms with E-state index in [2.05, 4.69) is 10.3 Å². The predicted octanol–water partition coefficient (Wildman–Crippen LogP) is -1.50. The number of nitrogens with one attached hydrogen (secondary N) is 2. The van der Waals surface area contributed by atoms with Crippen molar-refractivity contribution in [3.8, 4) is 0 Å². The van der Waals surface area contributed by atoms with Crippen molar-refractivity contribution in [3.05, 3.63) is 32.6 Å². The van der Waals surface area contributed by atoms with Gasteiger partial charge < -0.3 is 20.6 Å². The summed E-state index contributed by atoms with van der Waals surface area (Å²) in [5, 5.41) is 31.9. The highest BCUT2D eigenvalue weighted by molar-refractivity contribution is 5.76. The fourth-order valence-corrected chi connectivity index (χ4v) is 3.19. The molecule has 1 amide bonds. The number of aliphatic hydroxyl groups excluding tert-OH is 2. The number of rotatable bonds is 7. The zero-order chi connectivity index (χ0) is 19.4. The first-order valence-electron chi connectivity index (χ1n) is 8.37. The van der Waals surface area contributed by atoms with Crippen molar-refractivity contribution in [2.75, 3.05) is 6.54 Å². The molecule has 0 bridgehead atoms. The number of aliphatic carboxylic acids is 1. The second kappa shape index (κ2) is 8.28. The van der Waals surface area contributed by atoms with E-state index in [-0.39, 0.29) is 43.7 Å². The average molecular weight is 369 g/mol. The van der Waals surface area contributed by atoms with Gasteiger partial charge in [-0.25, -0.2) is 4.79 Å². The van der Waals surface area contributed by atoms with Gasteiger partial charge in [0.15, 0.2) is 0 Å². The number of aryl methyl sites for hydroxylation is 1. The Morgan fingerprint density at radius 3 is 2.65 bits per heavy atom. The van der Waals surface area contributed by atoms with Crippen LogP contribution in [-0.2, 0) is 9.59 Å². The second-order valence-electron chi connectivity index (χ2n) is 6.57. The summed E-state index contributed by atoms with van der Waals surface area (Å²) in [6, 6.07) is -0.924. The van der Waals surface area contributed by atoms with Crippen molar-refractivity contribution in [1.82, 2.24) is 14.9 Å². The van der Waals surface area contributed by atoms with Crippen molar-refractivity contribution in [2.45, 2.75) is 50.9 Å². The molecule has 0 spiro atoms. The first-order valence-corrected chi connectivity index (χ1v) is 8.37. The second-order valence-corrected chi connectivity index (χ2v) is 6.57. The molecule has 2 rings (SSSR count). The minimum Gasteiger partial charge on any atom is -0.481 e. The summed E-state index contributed by atoms with van der Waals surface area (Å²) in [4.78, 5) is 47.7. The van der Waals surface area contributed by atoms with Crippen molar-refractivity contribution in [1.29, 1.82) is 0 Å². The molecular weight excluding hydrogens is 346 g/mol. The average Bonchev–Trinajstić information content (AvgIpc) is 2.83. The predicted molar refractivity (Wildman–Crippen MR) is 89.7 cm³/mol. The Morgan fingerprint density at radius 1 is 1.31 bits per heavy atom. The smallest absolute Gasteiger partial charge is 0.328 e. The third-order valence-corrected chi connectivity index (χ3v) is 4.59. The number of carbonyl (C=O) groups excluding carboxylic acids is 1. The summed E-state index contributed by atoms with van der Waals surface area (Å²) < 4.78 is 1.11. The van der Waals surface area contributed by atoms with Crippen LogP contribution in [0.5, 0.6) is 0 Å². The van der Waals surface area contributed by atoms with Crippen LogP contribution in [0.15, 0.2) is 15.8 Å². The number of carbonyl (C=O) groups is 2. The molecule has 1 aliphatic rings. The number of amides is 1. The number of aromatic nitrogens is 2. The highest BCUT2D eigenvalue weighted by atomic mass is 16.4. The lowest BCUT2D eigenvalue weighted by Crippen LogP contribution is -2.41. The van der Waals surface area contributed by atoms with Crippen LogP contribution >= 0.6 is 0 Å². The van der Waals surface area contributed by atoms with Crippen LogP contribution < -0.4 is 16.6 Å². The Kier molecular flexibility index (Phi) is 6.32. The number of aromatic amines is 1. The van der Waals surface area contributed by atoms with Crippen LogP contribution in [0.1, 0.15) is 37.3 Å². The lowest BCUT2D eigenvalue weighted by Gasteiger charge is -2.23. The fraction of sp³-hybridized carbons (Fsp3) is 0.625. The maximum Gasteiger partial charge on any atom is 0.328 e. The number of carboxylic acid groups (broad SMARTS) is 1. The van der Waals surface area contributed by atoms with Gasteiger partial charge >= 0.3 is 11.7 Å². The van der Waals surface area contributed by atoms with Crippen LogP contribution in [0.4, 0.5) is 0 Å². The molecule has 0 aliphatic heterocycles.